The van der Waals surface area contributed by atoms with Crippen molar-refractivity contribution in [1.29, 1.82) is 0 Å². The molecular weight excluding hydrogens is 156 g/mol. The molecule has 0 unspecified atom stereocenters. The highest BCUT2D eigenvalue weighted by Gasteiger charge is 2.15. The maximum absolute atomic E-state index is 4.05. The largest absolute Gasteiger partial charge is 0.275 e. The number of hydrogen-bond donors (Lipinski definition) is 2. The van der Waals surface area contributed by atoms with Crippen LogP contribution in [-0.2, 0) is 7.05 Å². The van der Waals surface area contributed by atoms with E-state index in [2.05, 4.69) is 21.3 Å². The zero-order valence-corrected chi connectivity index (χ0v) is 6.94. The summed E-state index contributed by atoms with van der Waals surface area (Å²) in [4.78, 5) is 0. The molecule has 1 aromatic heterocycles. The van der Waals surface area contributed by atoms with Crippen molar-refractivity contribution < 1.29 is 0 Å². The van der Waals surface area contributed by atoms with Crippen LogP contribution in [0.2, 0.25) is 0 Å². The second kappa shape index (κ2) is 2.49. The van der Waals surface area contributed by atoms with Gasteiger partial charge in [-0.15, -0.1) is 10.6 Å². The maximum atomic E-state index is 4.05. The first kappa shape index (κ1) is 7.11. The Morgan fingerprint density at radius 2 is 2.25 bits per heavy atom. The molecule has 0 bridgehead atoms. The molecule has 0 saturated carbocycles. The van der Waals surface area contributed by atoms with Gasteiger partial charge < -0.3 is 0 Å². The summed E-state index contributed by atoms with van der Waals surface area (Å²) in [5.41, 5.74) is 6.46. The summed E-state index contributed by atoms with van der Waals surface area (Å²) >= 11 is 0. The van der Waals surface area contributed by atoms with Gasteiger partial charge in [-0.1, -0.05) is 0 Å². The average molecular weight is 166 g/mol. The van der Waals surface area contributed by atoms with Crippen LogP contribution in [0.5, 0.6) is 0 Å². The number of hydrazone groups is 1. The molecule has 12 heavy (non-hydrogen) atoms. The Bertz CT molecular complexity index is 314. The number of hydrogen-bond acceptors (Lipinski definition) is 5. The lowest BCUT2D eigenvalue weighted by Gasteiger charge is -2.09. The Balaban J connectivity index is 2.30. The molecule has 64 valence electrons. The first-order valence-corrected chi connectivity index (χ1v) is 3.58. The molecule has 1 aromatic rings. The summed E-state index contributed by atoms with van der Waals surface area (Å²) in [7, 11) is 3.76. The summed E-state index contributed by atoms with van der Waals surface area (Å²) in [5.74, 6) is 0.836. The van der Waals surface area contributed by atoms with Crippen molar-refractivity contribution >= 4 is 5.84 Å². The fourth-order valence-electron chi connectivity index (χ4n) is 1.08. The van der Waals surface area contributed by atoms with Gasteiger partial charge in [0.25, 0.3) is 0 Å². The summed E-state index contributed by atoms with van der Waals surface area (Å²) in [6, 6.07) is 0. The highest BCUT2D eigenvalue weighted by molar-refractivity contribution is 5.98. The Morgan fingerprint density at radius 3 is 2.75 bits per heavy atom. The minimum Gasteiger partial charge on any atom is -0.275 e. The minimum atomic E-state index is 0.836. The van der Waals surface area contributed by atoms with Crippen LogP contribution < -0.4 is 11.1 Å². The maximum Gasteiger partial charge on any atom is 0.175 e. The molecule has 0 aromatic carbocycles. The number of aryl methyl sites for hydroxylation is 1. The molecule has 0 radical (unpaired) electrons. The highest BCUT2D eigenvalue weighted by atomic mass is 15.8. The number of amidine groups is 1. The van der Waals surface area contributed by atoms with E-state index in [1.165, 1.54) is 0 Å². The van der Waals surface area contributed by atoms with E-state index in [-0.39, 0.29) is 0 Å². The lowest BCUT2D eigenvalue weighted by molar-refractivity contribution is 0.349. The van der Waals surface area contributed by atoms with Crippen molar-refractivity contribution in [3.63, 3.8) is 0 Å². The molecule has 0 aliphatic carbocycles. The highest BCUT2D eigenvalue weighted by Crippen LogP contribution is 2.02. The van der Waals surface area contributed by atoms with Crippen LogP contribution in [0, 0.1) is 0 Å². The van der Waals surface area contributed by atoms with Gasteiger partial charge in [-0.2, -0.15) is 5.10 Å². The average Bonchev–Trinajstić information content (AvgIpc) is 2.58. The van der Waals surface area contributed by atoms with Gasteiger partial charge in [0.2, 0.25) is 0 Å². The predicted molar refractivity (Wildman–Crippen MR) is 43.8 cm³/mol. The van der Waals surface area contributed by atoms with Crippen LogP contribution in [-0.4, -0.2) is 27.7 Å². The van der Waals surface area contributed by atoms with E-state index in [0.29, 0.717) is 0 Å². The van der Waals surface area contributed by atoms with Crippen molar-refractivity contribution in [1.82, 2.24) is 25.9 Å². The number of hydrazine groups is 2. The van der Waals surface area contributed by atoms with Crippen molar-refractivity contribution in [2.75, 3.05) is 7.05 Å². The SMILES string of the molecule is CN1NNN=C1c1cnn(C)c1. The summed E-state index contributed by atoms with van der Waals surface area (Å²) in [6.07, 6.45) is 3.67. The second-order valence-corrected chi connectivity index (χ2v) is 2.62. The van der Waals surface area contributed by atoms with E-state index in [1.807, 2.05) is 20.3 Å². The first-order chi connectivity index (χ1) is 5.77. The summed E-state index contributed by atoms with van der Waals surface area (Å²) in [5, 5.41) is 9.87. The van der Waals surface area contributed by atoms with Crippen LogP contribution in [0.4, 0.5) is 0 Å². The van der Waals surface area contributed by atoms with E-state index in [4.69, 9.17) is 0 Å². The van der Waals surface area contributed by atoms with Gasteiger partial charge >= 0.3 is 0 Å². The zero-order chi connectivity index (χ0) is 8.55. The smallest absolute Gasteiger partial charge is 0.175 e. The van der Waals surface area contributed by atoms with Crippen molar-refractivity contribution in [2.45, 2.75) is 0 Å². The fraction of sp³-hybridized carbons (Fsp3) is 0.333. The lowest BCUT2D eigenvalue weighted by Crippen LogP contribution is -2.37. The molecule has 6 nitrogen and oxygen atoms in total. The van der Waals surface area contributed by atoms with Gasteiger partial charge in [0.1, 0.15) is 0 Å². The molecule has 2 rings (SSSR count). The number of rotatable bonds is 1. The van der Waals surface area contributed by atoms with Gasteiger partial charge in [-0.3, -0.25) is 9.69 Å². The Labute approximate surface area is 69.8 Å². The fourth-order valence-corrected chi connectivity index (χ4v) is 1.08. The lowest BCUT2D eigenvalue weighted by atomic mass is 10.3. The third kappa shape index (κ3) is 1.02. The summed E-state index contributed by atoms with van der Waals surface area (Å²) in [6.45, 7) is 0. The molecule has 0 atom stereocenters. The number of aromatic nitrogens is 2. The topological polar surface area (TPSA) is 57.5 Å². The van der Waals surface area contributed by atoms with Crippen molar-refractivity contribution in [3.8, 4) is 0 Å². The number of nitrogens with zero attached hydrogens (tertiary/aromatic N) is 4. The molecule has 0 amide bonds. The van der Waals surface area contributed by atoms with Crippen molar-refractivity contribution in [2.24, 2.45) is 12.1 Å². The molecule has 2 N–H and O–H groups in total. The second-order valence-electron chi connectivity index (χ2n) is 2.62. The van der Waals surface area contributed by atoms with Gasteiger partial charge in [-0.05, 0) is 0 Å². The van der Waals surface area contributed by atoms with E-state index in [9.17, 15) is 0 Å². The van der Waals surface area contributed by atoms with E-state index >= 15 is 0 Å². The molecule has 0 spiro atoms. The third-order valence-corrected chi connectivity index (χ3v) is 1.66. The Kier molecular flexibility index (Phi) is 1.47. The van der Waals surface area contributed by atoms with Crippen molar-refractivity contribution in [3.05, 3.63) is 18.0 Å². The molecule has 6 heteroatoms. The Hall–Kier alpha value is -1.56. The van der Waals surface area contributed by atoms with Gasteiger partial charge in [0.05, 0.1) is 11.8 Å². The molecule has 2 heterocycles. The van der Waals surface area contributed by atoms with Crippen LogP contribution >= 0.6 is 0 Å². The van der Waals surface area contributed by atoms with Gasteiger partial charge in [-0.25, -0.2) is 5.53 Å². The van der Waals surface area contributed by atoms with Gasteiger partial charge in [0, 0.05) is 20.3 Å². The molecule has 1 aliphatic rings. The van der Waals surface area contributed by atoms with Crippen LogP contribution in [0.25, 0.3) is 0 Å². The van der Waals surface area contributed by atoms with E-state index in [0.717, 1.165) is 11.4 Å². The molecular formula is C6H10N6. The number of nitrogens with one attached hydrogen (secondary N) is 2. The van der Waals surface area contributed by atoms with Crippen LogP contribution in [0.15, 0.2) is 17.5 Å². The van der Waals surface area contributed by atoms with Crippen LogP contribution in [0.1, 0.15) is 5.56 Å². The van der Waals surface area contributed by atoms with E-state index < -0.39 is 0 Å². The first-order valence-electron chi connectivity index (χ1n) is 3.58. The Morgan fingerprint density at radius 1 is 1.42 bits per heavy atom. The molecule has 0 fully saturated rings. The van der Waals surface area contributed by atoms with Gasteiger partial charge in [0.15, 0.2) is 5.84 Å². The molecule has 1 aliphatic heterocycles. The summed E-state index contributed by atoms with van der Waals surface area (Å²) < 4.78 is 1.74. The van der Waals surface area contributed by atoms with Crippen LogP contribution in [0.3, 0.4) is 0 Å². The van der Waals surface area contributed by atoms with E-state index in [1.54, 1.807) is 15.9 Å². The molecule has 0 saturated heterocycles. The quantitative estimate of drug-likeness (QED) is 0.564. The normalized spacial score (nSPS) is 16.2. The standard InChI is InChI=1S/C6H10N6/c1-11-4-5(3-7-11)6-8-9-10-12(6)2/h3-4,9-10H,1-2H3. The third-order valence-electron chi connectivity index (χ3n) is 1.66. The zero-order valence-electron chi connectivity index (χ0n) is 6.94. The minimum absolute atomic E-state index is 0.836. The monoisotopic (exact) mass is 166 g/mol. The predicted octanol–water partition coefficient (Wildman–Crippen LogP) is -0.964.